The maximum Gasteiger partial charge on any atom is 0.273 e. The molecule has 0 aliphatic heterocycles. The van der Waals surface area contributed by atoms with E-state index in [9.17, 15) is 4.79 Å². The highest BCUT2D eigenvalue weighted by atomic mass is 79.9. The van der Waals surface area contributed by atoms with E-state index in [0.717, 1.165) is 26.9 Å². The molecule has 0 spiro atoms. The molecule has 0 aromatic carbocycles. The Labute approximate surface area is 133 Å². The number of aromatic nitrogens is 4. The maximum absolute atomic E-state index is 12.2. The van der Waals surface area contributed by atoms with Crippen LogP contribution in [-0.4, -0.2) is 25.5 Å². The highest BCUT2D eigenvalue weighted by molar-refractivity contribution is 9.10. The summed E-state index contributed by atoms with van der Waals surface area (Å²) < 4.78 is 5.12. The van der Waals surface area contributed by atoms with Crippen LogP contribution in [-0.2, 0) is 20.1 Å². The molecule has 2 aromatic heterocycles. The summed E-state index contributed by atoms with van der Waals surface area (Å²) in [5, 5.41) is 11.3. The quantitative estimate of drug-likeness (QED) is 0.850. The fourth-order valence-electron chi connectivity index (χ4n) is 1.81. The van der Waals surface area contributed by atoms with Crippen LogP contribution in [0.4, 0.5) is 0 Å². The van der Waals surface area contributed by atoms with E-state index in [1.165, 1.54) is 0 Å². The third-order valence-electron chi connectivity index (χ3n) is 3.09. The van der Waals surface area contributed by atoms with E-state index in [1.54, 1.807) is 17.9 Å². The Kier molecular flexibility index (Phi) is 4.64. The third kappa shape index (κ3) is 2.80. The molecule has 1 N–H and O–H groups in total. The molecular weight excluding hydrogens is 390 g/mol. The number of nitrogens with one attached hydrogen (secondary N) is 1. The lowest BCUT2D eigenvalue weighted by Crippen LogP contribution is -2.25. The third-order valence-corrected chi connectivity index (χ3v) is 4.70. The van der Waals surface area contributed by atoms with Gasteiger partial charge in [0.05, 0.1) is 33.1 Å². The molecule has 0 saturated carbocycles. The van der Waals surface area contributed by atoms with Gasteiger partial charge < -0.3 is 5.32 Å². The van der Waals surface area contributed by atoms with Crippen LogP contribution in [0.25, 0.3) is 0 Å². The van der Waals surface area contributed by atoms with Crippen LogP contribution in [0.1, 0.15) is 28.8 Å². The normalized spacial score (nSPS) is 10.8. The van der Waals surface area contributed by atoms with Crippen LogP contribution < -0.4 is 5.32 Å². The highest BCUT2D eigenvalue weighted by Crippen LogP contribution is 2.20. The van der Waals surface area contributed by atoms with E-state index in [0.29, 0.717) is 12.2 Å². The molecule has 0 radical (unpaired) electrons. The van der Waals surface area contributed by atoms with Crippen molar-refractivity contribution < 1.29 is 4.79 Å². The number of carbonyl (C=O) groups is 1. The van der Waals surface area contributed by atoms with Crippen LogP contribution in [0, 0.1) is 6.92 Å². The number of halogens is 2. The summed E-state index contributed by atoms with van der Waals surface area (Å²) in [5.41, 5.74) is 2.24. The van der Waals surface area contributed by atoms with Crippen molar-refractivity contribution in [2.24, 2.45) is 7.05 Å². The van der Waals surface area contributed by atoms with Gasteiger partial charge in [0.2, 0.25) is 0 Å². The van der Waals surface area contributed by atoms with Gasteiger partial charge in [-0.3, -0.25) is 14.2 Å². The van der Waals surface area contributed by atoms with Crippen LogP contribution in [0.3, 0.4) is 0 Å². The number of hydrogen-bond acceptors (Lipinski definition) is 3. The average Bonchev–Trinajstić information content (AvgIpc) is 2.91. The monoisotopic (exact) mass is 403 g/mol. The zero-order valence-electron chi connectivity index (χ0n) is 11.4. The van der Waals surface area contributed by atoms with E-state index in [2.05, 4.69) is 47.4 Å². The molecule has 20 heavy (non-hydrogen) atoms. The summed E-state index contributed by atoms with van der Waals surface area (Å²) in [6, 6.07) is 0. The van der Waals surface area contributed by atoms with Crippen molar-refractivity contribution in [3.8, 4) is 0 Å². The summed E-state index contributed by atoms with van der Waals surface area (Å²) in [7, 11) is 1.81. The molecule has 0 aliphatic rings. The fourth-order valence-corrected chi connectivity index (χ4v) is 2.76. The zero-order chi connectivity index (χ0) is 14.9. The molecule has 6 nitrogen and oxygen atoms in total. The largest absolute Gasteiger partial charge is 0.345 e. The van der Waals surface area contributed by atoms with Gasteiger partial charge in [0.1, 0.15) is 0 Å². The molecule has 0 fully saturated rings. The zero-order valence-corrected chi connectivity index (χ0v) is 14.6. The minimum absolute atomic E-state index is 0.212. The Balaban J connectivity index is 2.12. The molecule has 108 valence electrons. The molecular formula is C12H15Br2N5O. The maximum atomic E-state index is 12.2. The van der Waals surface area contributed by atoms with Gasteiger partial charge >= 0.3 is 0 Å². The summed E-state index contributed by atoms with van der Waals surface area (Å²) in [4.78, 5) is 12.2. The molecule has 0 atom stereocenters. The number of aryl methyl sites for hydroxylation is 2. The number of amides is 1. The van der Waals surface area contributed by atoms with Gasteiger partial charge in [-0.2, -0.15) is 10.2 Å². The molecule has 2 aromatic rings. The Morgan fingerprint density at radius 3 is 2.70 bits per heavy atom. The van der Waals surface area contributed by atoms with Gasteiger partial charge in [0.15, 0.2) is 5.69 Å². The number of carbonyl (C=O) groups excluding carboxylic acids is 1. The average molecular weight is 405 g/mol. The van der Waals surface area contributed by atoms with Crippen molar-refractivity contribution in [2.45, 2.75) is 26.9 Å². The Morgan fingerprint density at radius 2 is 2.15 bits per heavy atom. The lowest BCUT2D eigenvalue weighted by Gasteiger charge is -2.07. The smallest absolute Gasteiger partial charge is 0.273 e. The molecule has 0 unspecified atom stereocenters. The Hall–Kier alpha value is -1.15. The standard InChI is InChI=1S/C12H15Br2N5O/c1-4-19-9(8(13)5-16-19)6-15-12(20)11-10(14)7(2)18(3)17-11/h5H,4,6H2,1-3H3,(H,15,20). The van der Waals surface area contributed by atoms with Crippen molar-refractivity contribution in [1.82, 2.24) is 24.9 Å². The highest BCUT2D eigenvalue weighted by Gasteiger charge is 2.18. The number of rotatable bonds is 4. The lowest BCUT2D eigenvalue weighted by molar-refractivity contribution is 0.0943. The van der Waals surface area contributed by atoms with Gasteiger partial charge in [-0.05, 0) is 45.7 Å². The van der Waals surface area contributed by atoms with Gasteiger partial charge in [-0.1, -0.05) is 0 Å². The second-order valence-electron chi connectivity index (χ2n) is 4.31. The first-order chi connectivity index (χ1) is 9.45. The molecule has 2 heterocycles. The fraction of sp³-hybridized carbons (Fsp3) is 0.417. The van der Waals surface area contributed by atoms with Gasteiger partial charge in [0.25, 0.3) is 5.91 Å². The minimum Gasteiger partial charge on any atom is -0.345 e. The molecule has 0 aliphatic carbocycles. The predicted octanol–water partition coefficient (Wildman–Crippen LogP) is 2.40. The summed E-state index contributed by atoms with van der Waals surface area (Å²) in [5.74, 6) is -0.212. The summed E-state index contributed by atoms with van der Waals surface area (Å²) >= 11 is 6.82. The SMILES string of the molecule is CCn1ncc(Br)c1CNC(=O)c1nn(C)c(C)c1Br. The van der Waals surface area contributed by atoms with Crippen LogP contribution in [0.15, 0.2) is 15.1 Å². The number of hydrogen-bond donors (Lipinski definition) is 1. The van der Waals surface area contributed by atoms with Gasteiger partial charge in [0, 0.05) is 13.6 Å². The van der Waals surface area contributed by atoms with Crippen LogP contribution in [0.5, 0.6) is 0 Å². The molecule has 1 amide bonds. The first kappa shape index (κ1) is 15.2. The lowest BCUT2D eigenvalue weighted by atomic mass is 10.3. The summed E-state index contributed by atoms with van der Waals surface area (Å²) in [6.45, 7) is 5.05. The predicted molar refractivity (Wildman–Crippen MR) is 82.4 cm³/mol. The molecule has 0 bridgehead atoms. The van der Waals surface area contributed by atoms with Gasteiger partial charge in [-0.15, -0.1) is 0 Å². The van der Waals surface area contributed by atoms with Crippen molar-refractivity contribution in [3.05, 3.63) is 32.2 Å². The minimum atomic E-state index is -0.212. The van der Waals surface area contributed by atoms with Gasteiger partial charge in [-0.25, -0.2) is 0 Å². The van der Waals surface area contributed by atoms with E-state index >= 15 is 0 Å². The van der Waals surface area contributed by atoms with E-state index in [-0.39, 0.29) is 5.91 Å². The van der Waals surface area contributed by atoms with Crippen molar-refractivity contribution in [2.75, 3.05) is 0 Å². The van der Waals surface area contributed by atoms with Crippen molar-refractivity contribution >= 4 is 37.8 Å². The first-order valence-corrected chi connectivity index (χ1v) is 7.71. The Bertz CT molecular complexity index is 647. The topological polar surface area (TPSA) is 64.7 Å². The summed E-state index contributed by atoms with van der Waals surface area (Å²) in [6.07, 6.45) is 1.73. The van der Waals surface area contributed by atoms with Crippen LogP contribution in [0.2, 0.25) is 0 Å². The van der Waals surface area contributed by atoms with E-state index in [1.807, 2.05) is 18.5 Å². The van der Waals surface area contributed by atoms with E-state index < -0.39 is 0 Å². The second kappa shape index (κ2) is 6.09. The van der Waals surface area contributed by atoms with E-state index in [4.69, 9.17) is 0 Å². The van der Waals surface area contributed by atoms with Crippen molar-refractivity contribution in [1.29, 1.82) is 0 Å². The first-order valence-electron chi connectivity index (χ1n) is 6.13. The number of nitrogens with zero attached hydrogens (tertiary/aromatic N) is 4. The second-order valence-corrected chi connectivity index (χ2v) is 5.96. The molecule has 0 saturated heterocycles. The molecule has 2 rings (SSSR count). The van der Waals surface area contributed by atoms with Crippen LogP contribution >= 0.6 is 31.9 Å². The Morgan fingerprint density at radius 1 is 1.45 bits per heavy atom. The molecule has 8 heteroatoms. The van der Waals surface area contributed by atoms with Crippen molar-refractivity contribution in [3.63, 3.8) is 0 Å².